The molecule has 3 rings (SSSR count). The molecule has 0 aromatic carbocycles. The molecule has 2 N–H and O–H groups in total. The molecule has 0 bridgehead atoms. The summed E-state index contributed by atoms with van der Waals surface area (Å²) in [5, 5.41) is 16.1. The summed E-state index contributed by atoms with van der Waals surface area (Å²) >= 11 is 1.58. The van der Waals surface area contributed by atoms with Crippen LogP contribution < -0.4 is 5.32 Å². The zero-order valence-corrected chi connectivity index (χ0v) is 13.4. The molecule has 0 atom stereocenters. The van der Waals surface area contributed by atoms with Gasteiger partial charge < -0.3 is 10.4 Å². The lowest BCUT2D eigenvalue weighted by atomic mass is 10.1. The van der Waals surface area contributed by atoms with Gasteiger partial charge in [0.25, 0.3) is 0 Å². The van der Waals surface area contributed by atoms with Crippen molar-refractivity contribution in [3.05, 3.63) is 35.8 Å². The quantitative estimate of drug-likeness (QED) is 0.756. The van der Waals surface area contributed by atoms with E-state index in [2.05, 4.69) is 20.3 Å². The van der Waals surface area contributed by atoms with Crippen LogP contribution in [-0.2, 0) is 0 Å². The van der Waals surface area contributed by atoms with Crippen LogP contribution in [0.1, 0.15) is 20.3 Å². The molecule has 0 unspecified atom stereocenters. The number of fused-ring (bicyclic) bond motifs is 1. The van der Waals surface area contributed by atoms with E-state index in [4.69, 9.17) is 0 Å². The Balaban J connectivity index is 1.93. The molecule has 3 aromatic heterocycles. The van der Waals surface area contributed by atoms with Crippen LogP contribution in [0.3, 0.4) is 0 Å². The van der Waals surface area contributed by atoms with E-state index in [1.807, 2.05) is 29.6 Å². The van der Waals surface area contributed by atoms with Gasteiger partial charge in [-0.1, -0.05) is 6.07 Å². The van der Waals surface area contributed by atoms with Crippen LogP contribution in [0.4, 0.5) is 5.82 Å². The highest BCUT2D eigenvalue weighted by Crippen LogP contribution is 2.28. The summed E-state index contributed by atoms with van der Waals surface area (Å²) in [5.41, 5.74) is 0.0563. The molecule has 0 saturated carbocycles. The van der Waals surface area contributed by atoms with Gasteiger partial charge in [0.2, 0.25) is 0 Å². The van der Waals surface area contributed by atoms with Crippen LogP contribution in [0.2, 0.25) is 0 Å². The maximum atomic E-state index is 9.82. The molecule has 0 fully saturated rings. The fourth-order valence-electron chi connectivity index (χ4n) is 2.09. The van der Waals surface area contributed by atoms with Crippen LogP contribution >= 0.6 is 11.3 Å². The first kappa shape index (κ1) is 14.9. The summed E-state index contributed by atoms with van der Waals surface area (Å²) in [5.74, 6) is 1.40. The first-order valence-corrected chi connectivity index (χ1v) is 8.04. The Morgan fingerprint density at radius 2 is 2.09 bits per heavy atom. The van der Waals surface area contributed by atoms with Gasteiger partial charge in [-0.15, -0.1) is 11.3 Å². The molecular weight excluding hydrogens is 296 g/mol. The van der Waals surface area contributed by atoms with Crippen molar-refractivity contribution < 1.29 is 5.11 Å². The Hall–Kier alpha value is -2.05. The van der Waals surface area contributed by atoms with Gasteiger partial charge in [0.15, 0.2) is 5.82 Å². The van der Waals surface area contributed by atoms with Crippen LogP contribution in [-0.4, -0.2) is 32.2 Å². The van der Waals surface area contributed by atoms with Gasteiger partial charge in [-0.25, -0.2) is 9.97 Å². The SMILES string of the molecule is CC(C)(O)CCNc1nc(-c2ccccn2)nc2sccc12. The minimum atomic E-state index is -0.697. The van der Waals surface area contributed by atoms with Crippen LogP contribution in [0.15, 0.2) is 35.8 Å². The number of nitrogens with zero attached hydrogens (tertiary/aromatic N) is 3. The van der Waals surface area contributed by atoms with Gasteiger partial charge in [-0.05, 0) is 43.8 Å². The fourth-order valence-corrected chi connectivity index (χ4v) is 2.85. The molecule has 0 spiro atoms. The van der Waals surface area contributed by atoms with Crippen molar-refractivity contribution in [1.29, 1.82) is 0 Å². The molecule has 0 aliphatic rings. The minimum absolute atomic E-state index is 0.612. The summed E-state index contributed by atoms with van der Waals surface area (Å²) in [6, 6.07) is 7.70. The van der Waals surface area contributed by atoms with E-state index in [9.17, 15) is 5.11 Å². The van der Waals surface area contributed by atoms with E-state index >= 15 is 0 Å². The highest BCUT2D eigenvalue weighted by atomic mass is 32.1. The van der Waals surface area contributed by atoms with Gasteiger partial charge in [-0.3, -0.25) is 4.98 Å². The highest BCUT2D eigenvalue weighted by Gasteiger charge is 2.14. The summed E-state index contributed by atoms with van der Waals surface area (Å²) < 4.78 is 0. The number of thiophene rings is 1. The lowest BCUT2D eigenvalue weighted by molar-refractivity contribution is 0.0748. The maximum absolute atomic E-state index is 9.82. The molecule has 0 aliphatic heterocycles. The van der Waals surface area contributed by atoms with E-state index in [0.717, 1.165) is 21.7 Å². The lowest BCUT2D eigenvalue weighted by Crippen LogP contribution is -2.23. The second-order valence-electron chi connectivity index (χ2n) is 5.74. The number of hydrogen-bond acceptors (Lipinski definition) is 6. The third kappa shape index (κ3) is 3.40. The van der Waals surface area contributed by atoms with Crippen molar-refractivity contribution in [1.82, 2.24) is 15.0 Å². The molecule has 114 valence electrons. The normalized spacial score (nSPS) is 11.8. The van der Waals surface area contributed by atoms with Crippen LogP contribution in [0.25, 0.3) is 21.7 Å². The number of hydrogen-bond donors (Lipinski definition) is 2. The molecule has 0 saturated heterocycles. The van der Waals surface area contributed by atoms with Crippen molar-refractivity contribution in [3.8, 4) is 11.5 Å². The van der Waals surface area contributed by atoms with E-state index in [0.29, 0.717) is 18.8 Å². The summed E-state index contributed by atoms with van der Waals surface area (Å²) in [6.45, 7) is 4.25. The van der Waals surface area contributed by atoms with E-state index in [1.54, 1.807) is 31.4 Å². The monoisotopic (exact) mass is 314 g/mol. The third-order valence-electron chi connectivity index (χ3n) is 3.25. The van der Waals surface area contributed by atoms with E-state index in [-0.39, 0.29) is 0 Å². The molecule has 5 nitrogen and oxygen atoms in total. The van der Waals surface area contributed by atoms with Crippen LogP contribution in [0.5, 0.6) is 0 Å². The van der Waals surface area contributed by atoms with Gasteiger partial charge in [-0.2, -0.15) is 0 Å². The minimum Gasteiger partial charge on any atom is -0.390 e. The zero-order chi connectivity index (χ0) is 15.6. The van der Waals surface area contributed by atoms with Crippen molar-refractivity contribution >= 4 is 27.4 Å². The Kier molecular flexibility index (Phi) is 4.04. The molecule has 3 aromatic rings. The summed E-state index contributed by atoms with van der Waals surface area (Å²) in [6.07, 6.45) is 2.38. The maximum Gasteiger partial charge on any atom is 0.181 e. The van der Waals surface area contributed by atoms with Gasteiger partial charge in [0.05, 0.1) is 11.0 Å². The van der Waals surface area contributed by atoms with E-state index in [1.165, 1.54) is 0 Å². The topological polar surface area (TPSA) is 70.9 Å². The largest absolute Gasteiger partial charge is 0.390 e. The Morgan fingerprint density at radius 1 is 1.23 bits per heavy atom. The number of rotatable bonds is 5. The smallest absolute Gasteiger partial charge is 0.181 e. The number of anilines is 1. The summed E-state index contributed by atoms with van der Waals surface area (Å²) in [4.78, 5) is 14.4. The predicted octanol–water partition coefficient (Wildman–Crippen LogP) is 3.33. The Bertz CT molecular complexity index is 765. The van der Waals surface area contributed by atoms with Crippen molar-refractivity contribution in [3.63, 3.8) is 0 Å². The van der Waals surface area contributed by atoms with Gasteiger partial charge in [0, 0.05) is 12.7 Å². The molecule has 3 heterocycles. The second-order valence-corrected chi connectivity index (χ2v) is 6.63. The van der Waals surface area contributed by atoms with Crippen molar-refractivity contribution in [2.45, 2.75) is 25.9 Å². The van der Waals surface area contributed by atoms with E-state index < -0.39 is 5.60 Å². The summed E-state index contributed by atoms with van der Waals surface area (Å²) in [7, 11) is 0. The number of nitrogens with one attached hydrogen (secondary N) is 1. The Labute approximate surface area is 133 Å². The predicted molar refractivity (Wildman–Crippen MR) is 90.1 cm³/mol. The molecule has 22 heavy (non-hydrogen) atoms. The number of aliphatic hydroxyl groups is 1. The lowest BCUT2D eigenvalue weighted by Gasteiger charge is -2.17. The number of pyridine rings is 1. The average Bonchev–Trinajstić information content (AvgIpc) is 2.95. The molecule has 0 amide bonds. The first-order valence-electron chi connectivity index (χ1n) is 7.16. The zero-order valence-electron chi connectivity index (χ0n) is 12.6. The highest BCUT2D eigenvalue weighted by molar-refractivity contribution is 7.16. The van der Waals surface area contributed by atoms with Crippen LogP contribution in [0, 0.1) is 0 Å². The molecular formula is C16H18N4OS. The standard InChI is InChI=1S/C16H18N4OS/c1-16(2,21)7-9-18-13-11-6-10-22-15(11)20-14(19-13)12-5-3-4-8-17-12/h3-6,8,10,21H,7,9H2,1-2H3,(H,18,19,20). The first-order chi connectivity index (χ1) is 10.5. The van der Waals surface area contributed by atoms with Crippen molar-refractivity contribution in [2.75, 3.05) is 11.9 Å². The second kappa shape index (κ2) is 5.98. The van der Waals surface area contributed by atoms with Crippen molar-refractivity contribution in [2.24, 2.45) is 0 Å². The third-order valence-corrected chi connectivity index (χ3v) is 4.05. The Morgan fingerprint density at radius 3 is 2.82 bits per heavy atom. The fraction of sp³-hybridized carbons (Fsp3) is 0.312. The average molecular weight is 314 g/mol. The number of aromatic nitrogens is 3. The van der Waals surface area contributed by atoms with Gasteiger partial charge in [0.1, 0.15) is 16.3 Å². The molecule has 6 heteroatoms. The van der Waals surface area contributed by atoms with Gasteiger partial charge >= 0.3 is 0 Å². The molecule has 0 aliphatic carbocycles. The molecule has 0 radical (unpaired) electrons.